The summed E-state index contributed by atoms with van der Waals surface area (Å²) in [4.78, 5) is 0. The first-order valence-corrected chi connectivity index (χ1v) is 6.23. The van der Waals surface area contributed by atoms with Crippen LogP contribution in [0.25, 0.3) is 11.1 Å². The number of ether oxygens (including phenoxy) is 1. The Balaban J connectivity index is 2.52. The SMILES string of the molecule is CNCc1cc(-c2cc(C)ccc2OC)ccc1F. The molecule has 0 heterocycles. The Hall–Kier alpha value is -1.87. The summed E-state index contributed by atoms with van der Waals surface area (Å²) in [5.41, 5.74) is 3.76. The Morgan fingerprint density at radius 3 is 2.63 bits per heavy atom. The molecule has 0 bridgehead atoms. The van der Waals surface area contributed by atoms with E-state index in [2.05, 4.69) is 11.4 Å². The van der Waals surface area contributed by atoms with Crippen molar-refractivity contribution in [2.24, 2.45) is 0 Å². The lowest BCUT2D eigenvalue weighted by Gasteiger charge is -2.11. The molecule has 0 radical (unpaired) electrons. The van der Waals surface area contributed by atoms with Crippen molar-refractivity contribution < 1.29 is 9.13 Å². The summed E-state index contributed by atoms with van der Waals surface area (Å²) in [6.07, 6.45) is 0. The third-order valence-electron chi connectivity index (χ3n) is 3.08. The van der Waals surface area contributed by atoms with Crippen molar-refractivity contribution >= 4 is 0 Å². The van der Waals surface area contributed by atoms with Gasteiger partial charge in [0, 0.05) is 17.7 Å². The van der Waals surface area contributed by atoms with Crippen LogP contribution >= 0.6 is 0 Å². The predicted octanol–water partition coefficient (Wildman–Crippen LogP) is 3.53. The molecule has 1 N–H and O–H groups in total. The highest BCUT2D eigenvalue weighted by molar-refractivity contribution is 5.71. The van der Waals surface area contributed by atoms with Gasteiger partial charge in [0.05, 0.1) is 7.11 Å². The molecule has 0 unspecified atom stereocenters. The minimum Gasteiger partial charge on any atom is -0.496 e. The summed E-state index contributed by atoms with van der Waals surface area (Å²) in [5, 5.41) is 2.97. The van der Waals surface area contributed by atoms with Gasteiger partial charge in [0.1, 0.15) is 11.6 Å². The fraction of sp³-hybridized carbons (Fsp3) is 0.250. The minimum atomic E-state index is -0.190. The lowest BCUT2D eigenvalue weighted by Crippen LogP contribution is -2.07. The van der Waals surface area contributed by atoms with Gasteiger partial charge >= 0.3 is 0 Å². The second-order valence-corrected chi connectivity index (χ2v) is 4.54. The van der Waals surface area contributed by atoms with Gasteiger partial charge in [-0.05, 0) is 43.8 Å². The monoisotopic (exact) mass is 259 g/mol. The smallest absolute Gasteiger partial charge is 0.127 e. The van der Waals surface area contributed by atoms with E-state index in [1.807, 2.05) is 25.1 Å². The second-order valence-electron chi connectivity index (χ2n) is 4.54. The van der Waals surface area contributed by atoms with E-state index in [1.165, 1.54) is 6.07 Å². The van der Waals surface area contributed by atoms with E-state index in [1.54, 1.807) is 20.2 Å². The molecule has 2 nitrogen and oxygen atoms in total. The number of methoxy groups -OCH3 is 1. The van der Waals surface area contributed by atoms with Crippen molar-refractivity contribution in [2.75, 3.05) is 14.2 Å². The van der Waals surface area contributed by atoms with E-state index in [0.717, 1.165) is 22.4 Å². The molecule has 0 amide bonds. The molecule has 0 saturated carbocycles. The molecule has 2 rings (SSSR count). The normalized spacial score (nSPS) is 10.5. The highest BCUT2D eigenvalue weighted by Gasteiger charge is 2.09. The quantitative estimate of drug-likeness (QED) is 0.907. The lowest BCUT2D eigenvalue weighted by molar-refractivity contribution is 0.416. The maximum absolute atomic E-state index is 13.7. The van der Waals surface area contributed by atoms with Gasteiger partial charge in [0.25, 0.3) is 0 Å². The molecule has 0 spiro atoms. The van der Waals surface area contributed by atoms with Gasteiger partial charge in [-0.3, -0.25) is 0 Å². The van der Waals surface area contributed by atoms with Crippen LogP contribution in [0.15, 0.2) is 36.4 Å². The molecule has 2 aromatic rings. The van der Waals surface area contributed by atoms with Crippen molar-refractivity contribution in [2.45, 2.75) is 13.5 Å². The van der Waals surface area contributed by atoms with E-state index in [-0.39, 0.29) is 5.82 Å². The third kappa shape index (κ3) is 2.93. The van der Waals surface area contributed by atoms with Crippen LogP contribution in [0.3, 0.4) is 0 Å². The van der Waals surface area contributed by atoms with Gasteiger partial charge in [-0.2, -0.15) is 0 Å². The van der Waals surface area contributed by atoms with E-state index in [4.69, 9.17) is 4.74 Å². The van der Waals surface area contributed by atoms with Crippen molar-refractivity contribution in [3.05, 3.63) is 53.3 Å². The van der Waals surface area contributed by atoms with Crippen LogP contribution in [-0.2, 0) is 6.54 Å². The van der Waals surface area contributed by atoms with Crippen LogP contribution < -0.4 is 10.1 Å². The van der Waals surface area contributed by atoms with Crippen molar-refractivity contribution in [1.82, 2.24) is 5.32 Å². The number of rotatable bonds is 4. The molecule has 0 aliphatic rings. The summed E-state index contributed by atoms with van der Waals surface area (Å²) < 4.78 is 19.0. The fourth-order valence-corrected chi connectivity index (χ4v) is 2.12. The highest BCUT2D eigenvalue weighted by Crippen LogP contribution is 2.31. The third-order valence-corrected chi connectivity index (χ3v) is 3.08. The Bertz CT molecular complexity index is 581. The molecule has 100 valence electrons. The molecule has 0 aliphatic carbocycles. The zero-order valence-electron chi connectivity index (χ0n) is 11.5. The van der Waals surface area contributed by atoms with Gasteiger partial charge < -0.3 is 10.1 Å². The first kappa shape index (κ1) is 13.6. The number of benzene rings is 2. The van der Waals surface area contributed by atoms with Gasteiger partial charge in [-0.15, -0.1) is 0 Å². The molecular weight excluding hydrogens is 241 g/mol. The molecule has 0 aromatic heterocycles. The average Bonchev–Trinajstić information content (AvgIpc) is 2.41. The van der Waals surface area contributed by atoms with E-state index in [0.29, 0.717) is 12.1 Å². The van der Waals surface area contributed by atoms with Crippen LogP contribution in [0.2, 0.25) is 0 Å². The first-order chi connectivity index (χ1) is 9.15. The maximum atomic E-state index is 13.7. The number of halogens is 1. The van der Waals surface area contributed by atoms with Gasteiger partial charge in [0.2, 0.25) is 0 Å². The molecular formula is C16H18FNO. The number of hydrogen-bond acceptors (Lipinski definition) is 2. The van der Waals surface area contributed by atoms with Gasteiger partial charge in [-0.25, -0.2) is 4.39 Å². The van der Waals surface area contributed by atoms with E-state index >= 15 is 0 Å². The fourth-order valence-electron chi connectivity index (χ4n) is 2.12. The largest absolute Gasteiger partial charge is 0.496 e. The molecule has 0 atom stereocenters. The van der Waals surface area contributed by atoms with E-state index in [9.17, 15) is 4.39 Å². The number of hydrogen-bond donors (Lipinski definition) is 1. The minimum absolute atomic E-state index is 0.190. The Morgan fingerprint density at radius 2 is 1.95 bits per heavy atom. The maximum Gasteiger partial charge on any atom is 0.127 e. The van der Waals surface area contributed by atoms with Gasteiger partial charge in [0.15, 0.2) is 0 Å². The lowest BCUT2D eigenvalue weighted by atomic mass is 10.00. The molecule has 19 heavy (non-hydrogen) atoms. The zero-order valence-corrected chi connectivity index (χ0v) is 11.5. The second kappa shape index (κ2) is 5.85. The molecule has 0 aliphatic heterocycles. The molecule has 3 heteroatoms. The Kier molecular flexibility index (Phi) is 4.17. The summed E-state index contributed by atoms with van der Waals surface area (Å²) in [5.74, 6) is 0.609. The van der Waals surface area contributed by atoms with Crippen LogP contribution in [0.5, 0.6) is 5.75 Å². The standard InChI is InChI=1S/C16H18FNO/c1-11-4-7-16(19-3)14(8-11)12-5-6-15(17)13(9-12)10-18-2/h4-9,18H,10H2,1-3H3. The topological polar surface area (TPSA) is 21.3 Å². The Labute approximate surface area is 113 Å². The van der Waals surface area contributed by atoms with Gasteiger partial charge in [-0.1, -0.05) is 17.7 Å². The summed E-state index contributed by atoms with van der Waals surface area (Å²) in [6.45, 7) is 2.54. The van der Waals surface area contributed by atoms with Crippen LogP contribution in [-0.4, -0.2) is 14.2 Å². The van der Waals surface area contributed by atoms with E-state index < -0.39 is 0 Å². The average molecular weight is 259 g/mol. The summed E-state index contributed by atoms with van der Waals surface area (Å²) in [7, 11) is 3.45. The molecule has 2 aromatic carbocycles. The highest BCUT2D eigenvalue weighted by atomic mass is 19.1. The van der Waals surface area contributed by atoms with Crippen molar-refractivity contribution in [3.8, 4) is 16.9 Å². The van der Waals surface area contributed by atoms with Crippen molar-refractivity contribution in [3.63, 3.8) is 0 Å². The molecule has 0 saturated heterocycles. The zero-order chi connectivity index (χ0) is 13.8. The summed E-state index contributed by atoms with van der Waals surface area (Å²) >= 11 is 0. The Morgan fingerprint density at radius 1 is 1.16 bits per heavy atom. The molecule has 0 fully saturated rings. The van der Waals surface area contributed by atoms with Crippen LogP contribution in [0, 0.1) is 12.7 Å². The predicted molar refractivity (Wildman–Crippen MR) is 75.9 cm³/mol. The van der Waals surface area contributed by atoms with Crippen LogP contribution in [0.1, 0.15) is 11.1 Å². The number of nitrogens with one attached hydrogen (secondary N) is 1. The van der Waals surface area contributed by atoms with Crippen molar-refractivity contribution in [1.29, 1.82) is 0 Å². The first-order valence-electron chi connectivity index (χ1n) is 6.23. The van der Waals surface area contributed by atoms with Crippen LogP contribution in [0.4, 0.5) is 4.39 Å². The summed E-state index contributed by atoms with van der Waals surface area (Å²) in [6, 6.07) is 11.1. The number of aryl methyl sites for hydroxylation is 1.